The Morgan fingerprint density at radius 1 is 1.44 bits per heavy atom. The molecule has 4 nitrogen and oxygen atoms in total. The molecule has 1 aromatic heterocycles. The lowest BCUT2D eigenvalue weighted by atomic mass is 10.1. The van der Waals surface area contributed by atoms with Crippen molar-refractivity contribution in [2.45, 2.75) is 47.6 Å². The van der Waals surface area contributed by atoms with Gasteiger partial charge in [-0.1, -0.05) is 12.5 Å². The van der Waals surface area contributed by atoms with Crippen LogP contribution >= 0.6 is 0 Å². The number of aryl methyl sites for hydroxylation is 2. The summed E-state index contributed by atoms with van der Waals surface area (Å²) >= 11 is 0. The first-order chi connectivity index (χ1) is 8.49. The highest BCUT2D eigenvalue weighted by molar-refractivity contribution is 6.44. The van der Waals surface area contributed by atoms with Gasteiger partial charge >= 0.3 is 0 Å². The van der Waals surface area contributed by atoms with Crippen LogP contribution in [0.4, 0.5) is 5.82 Å². The Balaban J connectivity index is 3.24. The van der Waals surface area contributed by atoms with Crippen molar-refractivity contribution < 1.29 is 4.79 Å². The van der Waals surface area contributed by atoms with Gasteiger partial charge in [0.2, 0.25) is 0 Å². The molecule has 1 rings (SSSR count). The molecule has 1 heterocycles. The van der Waals surface area contributed by atoms with Crippen molar-refractivity contribution in [2.24, 2.45) is 4.99 Å². The van der Waals surface area contributed by atoms with Crippen molar-refractivity contribution in [2.75, 3.05) is 0 Å². The smallest absolute Gasteiger partial charge is 0.178 e. The van der Waals surface area contributed by atoms with E-state index in [1.165, 1.54) is 0 Å². The summed E-state index contributed by atoms with van der Waals surface area (Å²) in [6, 6.07) is 0. The summed E-state index contributed by atoms with van der Waals surface area (Å²) in [6.45, 7) is 10.3. The second-order valence-electron chi connectivity index (χ2n) is 4.34. The van der Waals surface area contributed by atoms with Crippen molar-refractivity contribution in [3.05, 3.63) is 23.7 Å². The lowest BCUT2D eigenvalue weighted by Crippen LogP contribution is -2.08. The topological polar surface area (TPSA) is 47.2 Å². The van der Waals surface area contributed by atoms with Crippen LogP contribution in [0.3, 0.4) is 0 Å². The SMILES string of the molecule is CC/C(C)=C/C(=Nc1c(C)ncn1CC)C(C)=O. The molecule has 0 unspecified atom stereocenters. The standard InChI is InChI=1S/C14H21N3O/c1-6-10(3)8-13(12(5)18)16-14-11(4)15-9-17(14)7-2/h8-9H,6-7H2,1-5H3/b10-8+,16-13?. The van der Waals surface area contributed by atoms with Crippen molar-refractivity contribution in [3.63, 3.8) is 0 Å². The monoisotopic (exact) mass is 247 g/mol. The number of hydrogen-bond acceptors (Lipinski definition) is 3. The van der Waals surface area contributed by atoms with Crippen molar-refractivity contribution >= 4 is 17.3 Å². The molecule has 0 saturated carbocycles. The predicted molar refractivity (Wildman–Crippen MR) is 74.5 cm³/mol. The Labute approximate surface area is 108 Å². The van der Waals surface area contributed by atoms with Gasteiger partial charge in [0.25, 0.3) is 0 Å². The van der Waals surface area contributed by atoms with Crippen molar-refractivity contribution in [1.29, 1.82) is 0 Å². The molecule has 0 aliphatic heterocycles. The summed E-state index contributed by atoms with van der Waals surface area (Å²) in [4.78, 5) is 20.3. The number of carbonyl (C=O) groups excluding carboxylic acids is 1. The molecule has 0 radical (unpaired) electrons. The van der Waals surface area contributed by atoms with Gasteiger partial charge in [0.05, 0.1) is 12.0 Å². The van der Waals surface area contributed by atoms with Crippen LogP contribution in [0.1, 0.15) is 39.8 Å². The zero-order valence-electron chi connectivity index (χ0n) is 11.8. The molecule has 4 heteroatoms. The van der Waals surface area contributed by atoms with Crippen LogP contribution in [0.15, 0.2) is 23.0 Å². The fraction of sp³-hybridized carbons (Fsp3) is 0.500. The Bertz CT molecular complexity index is 495. The maximum absolute atomic E-state index is 11.6. The van der Waals surface area contributed by atoms with Crippen molar-refractivity contribution in [1.82, 2.24) is 9.55 Å². The summed E-state index contributed by atoms with van der Waals surface area (Å²) in [5.41, 5.74) is 2.48. The summed E-state index contributed by atoms with van der Waals surface area (Å²) < 4.78 is 1.94. The van der Waals surface area contributed by atoms with E-state index in [0.29, 0.717) is 5.71 Å². The minimum atomic E-state index is -0.0222. The lowest BCUT2D eigenvalue weighted by molar-refractivity contribution is -0.111. The zero-order chi connectivity index (χ0) is 13.7. The quantitative estimate of drug-likeness (QED) is 0.750. The first kappa shape index (κ1) is 14.4. The van der Waals surface area contributed by atoms with Crippen LogP contribution in [-0.2, 0) is 11.3 Å². The van der Waals surface area contributed by atoms with Gasteiger partial charge in [-0.15, -0.1) is 0 Å². The van der Waals surface area contributed by atoms with Crippen LogP contribution in [0.2, 0.25) is 0 Å². The summed E-state index contributed by atoms with van der Waals surface area (Å²) in [5.74, 6) is 0.744. The van der Waals surface area contributed by atoms with Crippen LogP contribution in [0, 0.1) is 6.92 Å². The number of rotatable bonds is 5. The van der Waals surface area contributed by atoms with E-state index in [2.05, 4.69) is 16.9 Å². The summed E-state index contributed by atoms with van der Waals surface area (Å²) in [5, 5.41) is 0. The number of hydrogen-bond donors (Lipinski definition) is 0. The van der Waals surface area contributed by atoms with Crippen molar-refractivity contribution in [3.8, 4) is 0 Å². The highest BCUT2D eigenvalue weighted by Crippen LogP contribution is 2.18. The lowest BCUT2D eigenvalue weighted by Gasteiger charge is -2.03. The summed E-state index contributed by atoms with van der Waals surface area (Å²) in [7, 11) is 0. The van der Waals surface area contributed by atoms with Crippen LogP contribution in [0.5, 0.6) is 0 Å². The molecule has 0 N–H and O–H groups in total. The number of carbonyl (C=O) groups is 1. The molecule has 0 spiro atoms. The molecule has 1 aromatic rings. The molecule has 0 aromatic carbocycles. The Kier molecular flexibility index (Phi) is 5.01. The molecular weight excluding hydrogens is 226 g/mol. The number of nitrogens with zero attached hydrogens (tertiary/aromatic N) is 3. The Hall–Kier alpha value is -1.71. The van der Waals surface area contributed by atoms with Gasteiger partial charge in [0.1, 0.15) is 5.71 Å². The molecule has 0 fully saturated rings. The summed E-state index contributed by atoms with van der Waals surface area (Å²) in [6.07, 6.45) is 4.52. The van der Waals surface area contributed by atoms with Crippen LogP contribution in [0.25, 0.3) is 0 Å². The van der Waals surface area contributed by atoms with Gasteiger partial charge in [-0.3, -0.25) is 4.79 Å². The first-order valence-corrected chi connectivity index (χ1v) is 6.28. The van der Waals surface area contributed by atoms with Gasteiger partial charge < -0.3 is 4.57 Å². The van der Waals surface area contributed by atoms with E-state index >= 15 is 0 Å². The van der Waals surface area contributed by atoms with E-state index in [1.54, 1.807) is 13.3 Å². The molecule has 0 saturated heterocycles. The fourth-order valence-electron chi connectivity index (χ4n) is 1.52. The minimum Gasteiger partial charge on any atom is -0.316 e. The highest BCUT2D eigenvalue weighted by atomic mass is 16.1. The molecule has 0 amide bonds. The maximum atomic E-state index is 11.6. The minimum absolute atomic E-state index is 0.0222. The molecule has 0 aliphatic carbocycles. The zero-order valence-corrected chi connectivity index (χ0v) is 11.8. The van der Waals surface area contributed by atoms with Crippen LogP contribution < -0.4 is 0 Å². The average Bonchev–Trinajstić information content (AvgIpc) is 2.69. The third kappa shape index (κ3) is 3.39. The molecular formula is C14H21N3O. The molecule has 98 valence electrons. The molecule has 18 heavy (non-hydrogen) atoms. The fourth-order valence-corrected chi connectivity index (χ4v) is 1.52. The largest absolute Gasteiger partial charge is 0.316 e. The highest BCUT2D eigenvalue weighted by Gasteiger charge is 2.09. The number of Topliss-reactive ketones (excluding diaryl/α,β-unsaturated/α-hetero) is 1. The molecule has 0 bridgehead atoms. The van der Waals surface area contributed by atoms with Gasteiger partial charge in [-0.25, -0.2) is 9.98 Å². The van der Waals surface area contributed by atoms with E-state index in [9.17, 15) is 4.79 Å². The van der Waals surface area contributed by atoms with E-state index in [1.807, 2.05) is 31.4 Å². The molecule has 0 atom stereocenters. The first-order valence-electron chi connectivity index (χ1n) is 6.28. The predicted octanol–water partition coefficient (Wildman–Crippen LogP) is 3.23. The van der Waals surface area contributed by atoms with Gasteiger partial charge in [-0.05, 0) is 33.3 Å². The second kappa shape index (κ2) is 6.28. The van der Waals surface area contributed by atoms with E-state index < -0.39 is 0 Å². The van der Waals surface area contributed by atoms with E-state index in [0.717, 1.165) is 30.1 Å². The van der Waals surface area contributed by atoms with Crippen LogP contribution in [-0.4, -0.2) is 21.0 Å². The number of imidazole rings is 1. The normalized spacial score (nSPS) is 12.9. The number of aromatic nitrogens is 2. The number of aliphatic imine (C=N–C) groups is 1. The second-order valence-corrected chi connectivity index (χ2v) is 4.34. The number of ketones is 1. The maximum Gasteiger partial charge on any atom is 0.178 e. The van der Waals surface area contributed by atoms with E-state index in [4.69, 9.17) is 0 Å². The third-order valence-electron chi connectivity index (χ3n) is 2.85. The van der Waals surface area contributed by atoms with Gasteiger partial charge in [-0.2, -0.15) is 0 Å². The average molecular weight is 247 g/mol. The molecule has 0 aliphatic rings. The van der Waals surface area contributed by atoms with E-state index in [-0.39, 0.29) is 5.78 Å². The Morgan fingerprint density at radius 2 is 2.11 bits per heavy atom. The van der Waals surface area contributed by atoms with Gasteiger partial charge in [0.15, 0.2) is 11.6 Å². The van der Waals surface area contributed by atoms with Gasteiger partial charge in [0, 0.05) is 13.5 Å². The number of allylic oxidation sites excluding steroid dienone is 2. The third-order valence-corrected chi connectivity index (χ3v) is 2.85. The Morgan fingerprint density at radius 3 is 2.61 bits per heavy atom.